The molecule has 4 aromatic heterocycles. The zero-order chi connectivity index (χ0) is 25.8. The molecular weight excluding hydrogens is 473 g/mol. The van der Waals surface area contributed by atoms with E-state index in [2.05, 4.69) is 42.1 Å². The minimum atomic E-state index is -0.555. The smallest absolute Gasteiger partial charge is 0.266 e. The van der Waals surface area contributed by atoms with Gasteiger partial charge in [-0.1, -0.05) is 18.1 Å². The molecule has 0 spiro atoms. The first-order valence-electron chi connectivity index (χ1n) is 11.3. The van der Waals surface area contributed by atoms with Crippen LogP contribution in [0.4, 0.5) is 16.0 Å². The molecule has 0 saturated carbocycles. The lowest BCUT2D eigenvalue weighted by Gasteiger charge is -2.15. The first-order chi connectivity index (χ1) is 18.0. The molecule has 3 N–H and O–H groups in total. The van der Waals surface area contributed by atoms with E-state index in [0.29, 0.717) is 52.5 Å². The van der Waals surface area contributed by atoms with Crippen molar-refractivity contribution in [2.75, 3.05) is 17.6 Å². The largest absolute Gasteiger partial charge is 0.382 e. The van der Waals surface area contributed by atoms with Crippen LogP contribution in [0, 0.1) is 24.6 Å². The summed E-state index contributed by atoms with van der Waals surface area (Å²) in [6, 6.07) is 6.71. The molecular formula is C26H20FN9O. The zero-order valence-corrected chi connectivity index (χ0v) is 19.7. The number of rotatable bonds is 5. The molecule has 0 amide bonds. The molecule has 0 radical (unpaired) electrons. The molecule has 0 aliphatic heterocycles. The molecule has 5 rings (SSSR count). The van der Waals surface area contributed by atoms with E-state index in [9.17, 15) is 9.18 Å². The molecule has 0 atom stereocenters. The number of hydrogen-bond donors (Lipinski definition) is 2. The number of pyridine rings is 1. The highest BCUT2D eigenvalue weighted by molar-refractivity contribution is 5.81. The Labute approximate surface area is 210 Å². The Kier molecular flexibility index (Phi) is 6.46. The van der Waals surface area contributed by atoms with Crippen LogP contribution >= 0.6 is 0 Å². The minimum absolute atomic E-state index is 0.205. The molecule has 5 aromatic rings. The Morgan fingerprint density at radius 3 is 2.78 bits per heavy atom. The third kappa shape index (κ3) is 4.94. The molecule has 0 fully saturated rings. The molecule has 10 nitrogen and oxygen atoms in total. The summed E-state index contributed by atoms with van der Waals surface area (Å²) in [5.41, 5.74) is 8.25. The van der Waals surface area contributed by atoms with E-state index in [-0.39, 0.29) is 11.4 Å². The lowest BCUT2D eigenvalue weighted by atomic mass is 10.1. The number of fused-ring (bicyclic) bond motifs is 1. The summed E-state index contributed by atoms with van der Waals surface area (Å²) >= 11 is 0. The van der Waals surface area contributed by atoms with Gasteiger partial charge in [-0.25, -0.2) is 24.3 Å². The summed E-state index contributed by atoms with van der Waals surface area (Å²) in [6.45, 7) is 2.16. The second kappa shape index (κ2) is 10.2. The van der Waals surface area contributed by atoms with Crippen molar-refractivity contribution in [3.63, 3.8) is 0 Å². The van der Waals surface area contributed by atoms with Crippen LogP contribution in [0.2, 0.25) is 0 Å². The van der Waals surface area contributed by atoms with Gasteiger partial charge in [0.15, 0.2) is 0 Å². The summed E-state index contributed by atoms with van der Waals surface area (Å²) in [5, 5.41) is 3.66. The first kappa shape index (κ1) is 23.5. The number of nitrogens with zero attached hydrogens (tertiary/aromatic N) is 7. The second-order valence-corrected chi connectivity index (χ2v) is 8.00. The fourth-order valence-corrected chi connectivity index (χ4v) is 3.84. The molecule has 1 aromatic carbocycles. The van der Waals surface area contributed by atoms with Crippen LogP contribution in [0.5, 0.6) is 0 Å². The summed E-state index contributed by atoms with van der Waals surface area (Å²) in [7, 11) is 0. The van der Waals surface area contributed by atoms with Crippen molar-refractivity contribution >= 4 is 22.5 Å². The quantitative estimate of drug-likeness (QED) is 0.354. The molecule has 11 heteroatoms. The lowest BCUT2D eigenvalue weighted by molar-refractivity contribution is 0.618. The van der Waals surface area contributed by atoms with Crippen LogP contribution in [0.1, 0.15) is 22.6 Å². The average molecular weight is 494 g/mol. The van der Waals surface area contributed by atoms with Gasteiger partial charge in [0.25, 0.3) is 5.56 Å². The van der Waals surface area contributed by atoms with Gasteiger partial charge in [-0.15, -0.1) is 0 Å². The van der Waals surface area contributed by atoms with E-state index in [1.54, 1.807) is 18.5 Å². The van der Waals surface area contributed by atoms with Crippen LogP contribution in [-0.2, 0) is 6.42 Å². The number of aromatic nitrogens is 7. The molecule has 37 heavy (non-hydrogen) atoms. The summed E-state index contributed by atoms with van der Waals surface area (Å²) < 4.78 is 15.4. The number of hydrogen-bond acceptors (Lipinski definition) is 9. The Hall–Kier alpha value is -5.24. The number of halogens is 1. The van der Waals surface area contributed by atoms with Crippen LogP contribution in [0.25, 0.3) is 16.6 Å². The maximum absolute atomic E-state index is 14.0. The van der Waals surface area contributed by atoms with Gasteiger partial charge in [0.2, 0.25) is 0 Å². The van der Waals surface area contributed by atoms with Crippen molar-refractivity contribution in [3.05, 3.63) is 100 Å². The van der Waals surface area contributed by atoms with Gasteiger partial charge in [0, 0.05) is 31.4 Å². The van der Waals surface area contributed by atoms with Gasteiger partial charge < -0.3 is 11.1 Å². The number of nitrogens with one attached hydrogen (secondary N) is 1. The predicted octanol–water partition coefficient (Wildman–Crippen LogP) is 2.44. The fourth-order valence-electron chi connectivity index (χ4n) is 3.84. The van der Waals surface area contributed by atoms with Crippen molar-refractivity contribution in [2.24, 2.45) is 0 Å². The number of nitrogen functional groups attached to an aromatic ring is 1. The standard InChI is InChI=1S/C26H20FN9O/c1-16-3-2-4-21-23(16)26(37)36(19-11-17(27)12-30-14-19)22(35-21)7-8-32-25-20(24(28)33-15-34-25)6-5-18-13-29-9-10-31-18/h2-4,9-15H,7-8H2,1H3,(H3,28,32,33,34). The van der Waals surface area contributed by atoms with E-state index in [1.807, 2.05) is 19.1 Å². The van der Waals surface area contributed by atoms with Gasteiger partial charge in [-0.3, -0.25) is 19.3 Å². The molecule has 0 aliphatic rings. The van der Waals surface area contributed by atoms with Gasteiger partial charge in [-0.05, 0) is 24.5 Å². The SMILES string of the molecule is Cc1cccc2nc(CCNc3ncnc(N)c3C#Cc3cnccn3)n(-c3cncc(F)c3)c(=O)c12. The summed E-state index contributed by atoms with van der Waals surface area (Å²) in [5.74, 6) is 6.34. The van der Waals surface area contributed by atoms with Gasteiger partial charge in [0.1, 0.15) is 40.9 Å². The van der Waals surface area contributed by atoms with Gasteiger partial charge in [-0.2, -0.15) is 0 Å². The highest BCUT2D eigenvalue weighted by Gasteiger charge is 2.15. The summed E-state index contributed by atoms with van der Waals surface area (Å²) in [4.78, 5) is 38.6. The van der Waals surface area contributed by atoms with Crippen LogP contribution in [-0.4, -0.2) is 41.0 Å². The van der Waals surface area contributed by atoms with Crippen molar-refractivity contribution in [1.29, 1.82) is 0 Å². The number of benzene rings is 1. The minimum Gasteiger partial charge on any atom is -0.382 e. The number of anilines is 2. The van der Waals surface area contributed by atoms with E-state index < -0.39 is 5.82 Å². The fraction of sp³-hybridized carbons (Fsp3) is 0.115. The monoisotopic (exact) mass is 493 g/mol. The Balaban J connectivity index is 1.49. The predicted molar refractivity (Wildman–Crippen MR) is 136 cm³/mol. The maximum atomic E-state index is 14.0. The molecule has 182 valence electrons. The van der Waals surface area contributed by atoms with Gasteiger partial charge >= 0.3 is 0 Å². The van der Waals surface area contributed by atoms with Gasteiger partial charge in [0.05, 0.1) is 35.2 Å². The Bertz CT molecular complexity index is 1730. The van der Waals surface area contributed by atoms with Crippen molar-refractivity contribution in [3.8, 4) is 17.5 Å². The maximum Gasteiger partial charge on any atom is 0.266 e. The zero-order valence-electron chi connectivity index (χ0n) is 19.7. The van der Waals surface area contributed by atoms with Crippen molar-refractivity contribution in [1.82, 2.24) is 34.5 Å². The number of aryl methyl sites for hydroxylation is 1. The number of nitrogens with two attached hydrogens (primary N) is 1. The van der Waals surface area contributed by atoms with E-state index in [4.69, 9.17) is 10.7 Å². The van der Waals surface area contributed by atoms with E-state index >= 15 is 0 Å². The molecule has 0 saturated heterocycles. The van der Waals surface area contributed by atoms with E-state index in [0.717, 1.165) is 11.8 Å². The third-order valence-corrected chi connectivity index (χ3v) is 5.52. The topological polar surface area (TPSA) is 137 Å². The lowest BCUT2D eigenvalue weighted by Crippen LogP contribution is -2.26. The highest BCUT2D eigenvalue weighted by atomic mass is 19.1. The third-order valence-electron chi connectivity index (χ3n) is 5.52. The molecule has 4 heterocycles. The van der Waals surface area contributed by atoms with Crippen LogP contribution in [0.3, 0.4) is 0 Å². The van der Waals surface area contributed by atoms with Crippen molar-refractivity contribution < 1.29 is 4.39 Å². The highest BCUT2D eigenvalue weighted by Crippen LogP contribution is 2.18. The average Bonchev–Trinajstić information content (AvgIpc) is 2.89. The second-order valence-electron chi connectivity index (χ2n) is 8.00. The normalized spacial score (nSPS) is 10.6. The van der Waals surface area contributed by atoms with Crippen molar-refractivity contribution in [2.45, 2.75) is 13.3 Å². The molecule has 0 aliphatic carbocycles. The van der Waals surface area contributed by atoms with E-state index in [1.165, 1.54) is 29.4 Å². The Morgan fingerprint density at radius 1 is 1.08 bits per heavy atom. The molecule has 0 unspecified atom stereocenters. The Morgan fingerprint density at radius 2 is 1.97 bits per heavy atom. The summed E-state index contributed by atoms with van der Waals surface area (Å²) in [6.07, 6.45) is 8.78. The first-order valence-corrected chi connectivity index (χ1v) is 11.3. The van der Waals surface area contributed by atoms with Crippen LogP contribution in [0.15, 0.2) is 66.4 Å². The van der Waals surface area contributed by atoms with Crippen LogP contribution < -0.4 is 16.6 Å². The molecule has 0 bridgehead atoms.